The molecule has 0 aliphatic rings. The van der Waals surface area contributed by atoms with Crippen molar-refractivity contribution in [3.63, 3.8) is 0 Å². The van der Waals surface area contributed by atoms with Crippen LogP contribution >= 0.6 is 0 Å². The maximum absolute atomic E-state index is 0. The van der Waals surface area contributed by atoms with Crippen molar-refractivity contribution in [1.29, 1.82) is 0 Å². The van der Waals surface area contributed by atoms with E-state index in [1.165, 1.54) is 0 Å². The molecule has 0 N–H and O–H groups in total. The summed E-state index contributed by atoms with van der Waals surface area (Å²) in [5.74, 6) is 0. The van der Waals surface area contributed by atoms with Crippen molar-refractivity contribution in [2.45, 2.75) is 0 Å². The Hall–Kier alpha value is 2.04. The van der Waals surface area contributed by atoms with Gasteiger partial charge in [-0.2, -0.15) is 0 Å². The average Bonchev–Trinajstić information content (AvgIpc) is 0. The molecule has 0 saturated heterocycles. The van der Waals surface area contributed by atoms with Crippen molar-refractivity contribution >= 4 is 0 Å². The van der Waals surface area contributed by atoms with Crippen molar-refractivity contribution in [3.8, 4) is 0 Å². The van der Waals surface area contributed by atoms with Crippen molar-refractivity contribution < 1.29 is 67.4 Å². The fourth-order valence-electron chi connectivity index (χ4n) is 0. The summed E-state index contributed by atoms with van der Waals surface area (Å²) < 4.78 is 0. The van der Waals surface area contributed by atoms with Crippen LogP contribution in [0.25, 0.3) is 0 Å². The van der Waals surface area contributed by atoms with E-state index in [1.54, 1.807) is 0 Å². The van der Waals surface area contributed by atoms with E-state index in [1.807, 2.05) is 0 Å². The Morgan fingerprint density at radius 3 is 0.750 bits per heavy atom. The molecular formula is CoFe2Ni+8. The fourth-order valence-corrected chi connectivity index (χ4v) is 0. The zero-order valence-corrected chi connectivity index (χ0v) is 5.59. The molecule has 0 aromatic rings. The second-order valence-corrected chi connectivity index (χ2v) is 0. The van der Waals surface area contributed by atoms with Crippen LogP contribution in [0.4, 0.5) is 0 Å². The molecule has 0 nitrogen and oxygen atoms in total. The van der Waals surface area contributed by atoms with E-state index in [0.29, 0.717) is 0 Å². The normalized spacial score (nSPS) is 0. The van der Waals surface area contributed by atoms with Crippen LogP contribution in [0.2, 0.25) is 0 Å². The molecule has 0 saturated carbocycles. The summed E-state index contributed by atoms with van der Waals surface area (Å²) in [6.45, 7) is 0. The molecule has 4 heteroatoms. The van der Waals surface area contributed by atoms with Gasteiger partial charge in [-0.1, -0.05) is 0 Å². The standard InChI is InChI=1S/Co.2Fe.Ni/q4*+2. The summed E-state index contributed by atoms with van der Waals surface area (Å²) >= 11 is 0. The first-order valence-corrected chi connectivity index (χ1v) is 0. The summed E-state index contributed by atoms with van der Waals surface area (Å²) in [6, 6.07) is 0. The maximum atomic E-state index is 0. The van der Waals surface area contributed by atoms with Crippen LogP contribution in [-0.2, 0) is 67.4 Å². The van der Waals surface area contributed by atoms with Crippen LogP contribution in [0.1, 0.15) is 0 Å². The van der Waals surface area contributed by atoms with Crippen molar-refractivity contribution in [2.24, 2.45) is 0 Å². The Morgan fingerprint density at radius 1 is 0.750 bits per heavy atom. The minimum Gasteiger partial charge on any atom is 2.00 e. The predicted molar refractivity (Wildman–Crippen MR) is 0 cm³/mol. The fraction of sp³-hybridized carbons (Fsp3) is 0. The van der Waals surface area contributed by atoms with E-state index in [4.69, 9.17) is 0 Å². The van der Waals surface area contributed by atoms with E-state index in [0.717, 1.165) is 0 Å². The van der Waals surface area contributed by atoms with Gasteiger partial charge >= 0.3 is 67.4 Å². The second-order valence-electron chi connectivity index (χ2n) is 0. The van der Waals surface area contributed by atoms with Gasteiger partial charge < -0.3 is 0 Å². The van der Waals surface area contributed by atoms with Crippen LogP contribution in [0.3, 0.4) is 0 Å². The molecule has 0 aromatic heterocycles. The van der Waals surface area contributed by atoms with Crippen molar-refractivity contribution in [1.82, 2.24) is 0 Å². The first-order valence-electron chi connectivity index (χ1n) is 0. The van der Waals surface area contributed by atoms with Crippen molar-refractivity contribution in [2.75, 3.05) is 0 Å². The number of hydrogen-bond acceptors (Lipinski definition) is 0. The topological polar surface area (TPSA) is 0 Å². The van der Waals surface area contributed by atoms with Crippen molar-refractivity contribution in [3.05, 3.63) is 0 Å². The van der Waals surface area contributed by atoms with Gasteiger partial charge in [-0.25, -0.2) is 0 Å². The molecule has 0 unspecified atom stereocenters. The molecule has 27 valence electrons. The maximum Gasteiger partial charge on any atom is 2.00 e. The first kappa shape index (κ1) is 36.9. The molecule has 4 heavy (non-hydrogen) atoms. The Labute approximate surface area is 66.9 Å². The molecule has 0 aliphatic heterocycles. The van der Waals surface area contributed by atoms with Gasteiger partial charge in [0, 0.05) is 0 Å². The minimum atomic E-state index is 0. The number of hydrogen-bond donors (Lipinski definition) is 0. The minimum absolute atomic E-state index is 0. The zero-order chi connectivity index (χ0) is 0. The quantitative estimate of drug-likeness (QED) is 0.513. The van der Waals surface area contributed by atoms with Crippen LogP contribution in [0, 0.1) is 0 Å². The third kappa shape index (κ3) is 8.97. The first-order chi connectivity index (χ1) is 0. The molecule has 0 rings (SSSR count). The molecule has 0 aliphatic carbocycles. The van der Waals surface area contributed by atoms with Gasteiger partial charge in [0.15, 0.2) is 0 Å². The molecule has 0 aromatic carbocycles. The van der Waals surface area contributed by atoms with Gasteiger partial charge in [-0.15, -0.1) is 0 Å². The third-order valence-electron chi connectivity index (χ3n) is 0. The Balaban J connectivity index is 0. The zero-order valence-electron chi connectivity index (χ0n) is 1.36. The summed E-state index contributed by atoms with van der Waals surface area (Å²) in [7, 11) is 0. The smallest absolute Gasteiger partial charge is 2.00 e. The SMILES string of the molecule is [Co+2].[Fe+2].[Fe+2].[Ni+2]. The van der Waals surface area contributed by atoms with E-state index in [-0.39, 0.29) is 67.4 Å². The Morgan fingerprint density at radius 2 is 0.750 bits per heavy atom. The largest absolute Gasteiger partial charge is 2.00 e. The second kappa shape index (κ2) is 19.8. The molecule has 0 fully saturated rings. The number of rotatable bonds is 0. The molecule has 0 bridgehead atoms. The molecule has 0 spiro atoms. The van der Waals surface area contributed by atoms with Gasteiger partial charge in [0.25, 0.3) is 0 Å². The molecule has 0 heterocycles. The summed E-state index contributed by atoms with van der Waals surface area (Å²) in [4.78, 5) is 0. The van der Waals surface area contributed by atoms with Crippen LogP contribution in [-0.4, -0.2) is 0 Å². The summed E-state index contributed by atoms with van der Waals surface area (Å²) in [5.41, 5.74) is 0. The molecule has 1 radical (unpaired) electrons. The predicted octanol–water partition coefficient (Wildman–Crippen LogP) is -0.0100. The van der Waals surface area contributed by atoms with E-state index < -0.39 is 0 Å². The molecule has 0 atom stereocenters. The van der Waals surface area contributed by atoms with Gasteiger partial charge in [0.1, 0.15) is 0 Å². The summed E-state index contributed by atoms with van der Waals surface area (Å²) in [6.07, 6.45) is 0. The van der Waals surface area contributed by atoms with E-state index >= 15 is 0 Å². The average molecular weight is 229 g/mol. The van der Waals surface area contributed by atoms with Gasteiger partial charge in [-0.3, -0.25) is 0 Å². The molecule has 0 amide bonds. The van der Waals surface area contributed by atoms with Crippen LogP contribution in [0.5, 0.6) is 0 Å². The van der Waals surface area contributed by atoms with Gasteiger partial charge in [0.2, 0.25) is 0 Å². The molecular weight excluding hydrogens is 229 g/mol. The van der Waals surface area contributed by atoms with Crippen LogP contribution in [0.15, 0.2) is 0 Å². The Bertz CT molecular complexity index is 6.00. The van der Waals surface area contributed by atoms with Crippen LogP contribution < -0.4 is 0 Å². The Kier molecular flexibility index (Phi) is 182. The monoisotopic (exact) mass is 229 g/mol. The van der Waals surface area contributed by atoms with E-state index in [9.17, 15) is 0 Å². The van der Waals surface area contributed by atoms with E-state index in [2.05, 4.69) is 0 Å². The van der Waals surface area contributed by atoms with Gasteiger partial charge in [-0.05, 0) is 0 Å². The van der Waals surface area contributed by atoms with Gasteiger partial charge in [0.05, 0.1) is 0 Å². The summed E-state index contributed by atoms with van der Waals surface area (Å²) in [5, 5.41) is 0. The third-order valence-corrected chi connectivity index (χ3v) is 0.